The second kappa shape index (κ2) is 4.10. The third-order valence-electron chi connectivity index (χ3n) is 3.35. The zero-order chi connectivity index (χ0) is 12.6. The van der Waals surface area contributed by atoms with Crippen molar-refractivity contribution in [2.75, 3.05) is 0 Å². The van der Waals surface area contributed by atoms with Crippen molar-refractivity contribution in [2.45, 2.75) is 33.1 Å². The fraction of sp³-hybridized carbons (Fsp3) is 0.462. The van der Waals surface area contributed by atoms with E-state index < -0.39 is 11.4 Å². The standard InChI is InChI=1S/C13H17ClO2/c1-12(2,3)13(4,11(15)16)9-5-7-10(14)8-6-9/h5-8H,1-4H3,(H,15,16). The van der Waals surface area contributed by atoms with Crippen LogP contribution in [0.15, 0.2) is 24.3 Å². The number of hydrogen-bond donors (Lipinski definition) is 1. The Labute approximate surface area is 101 Å². The minimum absolute atomic E-state index is 0.368. The molecule has 2 nitrogen and oxygen atoms in total. The molecule has 1 unspecified atom stereocenters. The van der Waals surface area contributed by atoms with Crippen LogP contribution in [-0.2, 0) is 10.2 Å². The molecule has 0 aliphatic carbocycles. The van der Waals surface area contributed by atoms with Crippen LogP contribution in [0, 0.1) is 5.41 Å². The molecular formula is C13H17ClO2. The van der Waals surface area contributed by atoms with Gasteiger partial charge < -0.3 is 5.11 Å². The van der Waals surface area contributed by atoms with Crippen molar-refractivity contribution in [3.63, 3.8) is 0 Å². The molecular weight excluding hydrogens is 224 g/mol. The Morgan fingerprint density at radius 3 is 1.88 bits per heavy atom. The molecule has 0 amide bonds. The van der Waals surface area contributed by atoms with Gasteiger partial charge in [-0.1, -0.05) is 44.5 Å². The van der Waals surface area contributed by atoms with Crippen molar-refractivity contribution in [1.29, 1.82) is 0 Å². The van der Waals surface area contributed by atoms with Gasteiger partial charge in [0.1, 0.15) is 0 Å². The lowest BCUT2D eigenvalue weighted by molar-refractivity contribution is -0.147. The number of halogens is 1. The van der Waals surface area contributed by atoms with Crippen LogP contribution in [0.1, 0.15) is 33.3 Å². The molecule has 1 N–H and O–H groups in total. The maximum atomic E-state index is 11.5. The average molecular weight is 241 g/mol. The third-order valence-corrected chi connectivity index (χ3v) is 3.60. The smallest absolute Gasteiger partial charge is 0.314 e. The van der Waals surface area contributed by atoms with Crippen LogP contribution >= 0.6 is 11.6 Å². The van der Waals surface area contributed by atoms with Gasteiger partial charge >= 0.3 is 5.97 Å². The topological polar surface area (TPSA) is 37.3 Å². The lowest BCUT2D eigenvalue weighted by atomic mass is 9.64. The van der Waals surface area contributed by atoms with Crippen LogP contribution in [0.2, 0.25) is 5.02 Å². The molecule has 88 valence electrons. The minimum Gasteiger partial charge on any atom is -0.481 e. The molecule has 1 aromatic rings. The van der Waals surface area contributed by atoms with Crippen molar-refractivity contribution in [3.05, 3.63) is 34.9 Å². The van der Waals surface area contributed by atoms with E-state index in [0.29, 0.717) is 5.02 Å². The summed E-state index contributed by atoms with van der Waals surface area (Å²) in [6, 6.07) is 7.01. The Morgan fingerprint density at radius 1 is 1.12 bits per heavy atom. The number of aliphatic carboxylic acids is 1. The van der Waals surface area contributed by atoms with Crippen LogP contribution in [0.5, 0.6) is 0 Å². The summed E-state index contributed by atoms with van der Waals surface area (Å²) in [5, 5.41) is 10.1. The molecule has 0 spiro atoms. The zero-order valence-electron chi connectivity index (χ0n) is 10.0. The maximum Gasteiger partial charge on any atom is 0.314 e. The van der Waals surface area contributed by atoms with Crippen molar-refractivity contribution in [1.82, 2.24) is 0 Å². The minimum atomic E-state index is -0.919. The average Bonchev–Trinajstić information content (AvgIpc) is 2.15. The third kappa shape index (κ3) is 2.07. The summed E-state index contributed by atoms with van der Waals surface area (Å²) < 4.78 is 0. The Bertz CT molecular complexity index is 389. The Balaban J connectivity index is 3.34. The Kier molecular flexibility index (Phi) is 3.34. The molecule has 0 radical (unpaired) electrons. The van der Waals surface area contributed by atoms with Crippen LogP contribution in [0.25, 0.3) is 0 Å². The van der Waals surface area contributed by atoms with Gasteiger partial charge in [0.05, 0.1) is 5.41 Å². The van der Waals surface area contributed by atoms with Gasteiger partial charge in [0.15, 0.2) is 0 Å². The molecule has 0 fully saturated rings. The predicted molar refractivity (Wildman–Crippen MR) is 65.9 cm³/mol. The zero-order valence-corrected chi connectivity index (χ0v) is 10.8. The highest BCUT2D eigenvalue weighted by Gasteiger charge is 2.45. The van der Waals surface area contributed by atoms with E-state index in [1.165, 1.54) is 0 Å². The van der Waals surface area contributed by atoms with Gasteiger partial charge in [-0.25, -0.2) is 0 Å². The van der Waals surface area contributed by atoms with Gasteiger partial charge in [-0.05, 0) is 30.0 Å². The molecule has 1 atom stereocenters. The van der Waals surface area contributed by atoms with Gasteiger partial charge in [-0.2, -0.15) is 0 Å². The number of carbonyl (C=O) groups is 1. The fourth-order valence-corrected chi connectivity index (χ4v) is 1.79. The first-order valence-corrected chi connectivity index (χ1v) is 5.57. The second-order valence-electron chi connectivity index (χ2n) is 5.19. The lowest BCUT2D eigenvalue weighted by Crippen LogP contribution is -2.44. The van der Waals surface area contributed by atoms with E-state index in [4.69, 9.17) is 11.6 Å². The quantitative estimate of drug-likeness (QED) is 0.855. The molecule has 1 rings (SSSR count). The van der Waals surface area contributed by atoms with Crippen molar-refractivity contribution in [3.8, 4) is 0 Å². The second-order valence-corrected chi connectivity index (χ2v) is 5.62. The highest BCUT2D eigenvalue weighted by atomic mass is 35.5. The largest absolute Gasteiger partial charge is 0.481 e. The lowest BCUT2D eigenvalue weighted by Gasteiger charge is -2.38. The first kappa shape index (κ1) is 13.0. The van der Waals surface area contributed by atoms with E-state index in [2.05, 4.69) is 0 Å². The number of hydrogen-bond acceptors (Lipinski definition) is 1. The summed E-state index contributed by atoms with van der Waals surface area (Å²) in [5.74, 6) is -0.817. The summed E-state index contributed by atoms with van der Waals surface area (Å²) in [5.41, 5.74) is -0.513. The molecule has 0 saturated heterocycles. The highest BCUT2D eigenvalue weighted by Crippen LogP contribution is 2.41. The van der Waals surface area contributed by atoms with E-state index >= 15 is 0 Å². The molecule has 0 aliphatic rings. The van der Waals surface area contributed by atoms with Gasteiger partial charge in [-0.15, -0.1) is 0 Å². The van der Waals surface area contributed by atoms with Crippen LogP contribution in [-0.4, -0.2) is 11.1 Å². The molecule has 16 heavy (non-hydrogen) atoms. The van der Waals surface area contributed by atoms with E-state index in [1.807, 2.05) is 20.8 Å². The molecule has 1 aromatic carbocycles. The molecule has 0 bridgehead atoms. The molecule has 0 aromatic heterocycles. The van der Waals surface area contributed by atoms with E-state index in [0.717, 1.165) is 5.56 Å². The Morgan fingerprint density at radius 2 is 1.56 bits per heavy atom. The van der Waals surface area contributed by atoms with Crippen LogP contribution in [0.4, 0.5) is 0 Å². The molecule has 3 heteroatoms. The van der Waals surface area contributed by atoms with Crippen molar-refractivity contribution >= 4 is 17.6 Å². The summed E-state index contributed by atoms with van der Waals surface area (Å²) >= 11 is 5.81. The van der Waals surface area contributed by atoms with E-state index in [-0.39, 0.29) is 5.41 Å². The number of carboxylic acids is 1. The monoisotopic (exact) mass is 240 g/mol. The first-order chi connectivity index (χ1) is 7.19. The Hall–Kier alpha value is -1.02. The van der Waals surface area contributed by atoms with Crippen LogP contribution < -0.4 is 0 Å². The SMILES string of the molecule is CC(C)(C)C(C)(C(=O)O)c1ccc(Cl)cc1. The number of carboxylic acid groups (broad SMARTS) is 1. The number of rotatable bonds is 2. The van der Waals surface area contributed by atoms with E-state index in [1.54, 1.807) is 31.2 Å². The molecule has 0 heterocycles. The van der Waals surface area contributed by atoms with Gasteiger partial charge in [0.25, 0.3) is 0 Å². The summed E-state index contributed by atoms with van der Waals surface area (Å²) in [4.78, 5) is 11.5. The van der Waals surface area contributed by atoms with Gasteiger partial charge in [0.2, 0.25) is 0 Å². The van der Waals surface area contributed by atoms with Gasteiger partial charge in [0, 0.05) is 5.02 Å². The van der Waals surface area contributed by atoms with Crippen LogP contribution in [0.3, 0.4) is 0 Å². The van der Waals surface area contributed by atoms with Crippen molar-refractivity contribution < 1.29 is 9.90 Å². The molecule has 0 saturated carbocycles. The maximum absolute atomic E-state index is 11.5. The first-order valence-electron chi connectivity index (χ1n) is 5.19. The van der Waals surface area contributed by atoms with Crippen molar-refractivity contribution in [2.24, 2.45) is 5.41 Å². The molecule has 0 aliphatic heterocycles. The highest BCUT2D eigenvalue weighted by molar-refractivity contribution is 6.30. The fourth-order valence-electron chi connectivity index (χ4n) is 1.66. The van der Waals surface area contributed by atoms with E-state index in [9.17, 15) is 9.90 Å². The summed E-state index contributed by atoms with van der Waals surface area (Å²) in [6.07, 6.45) is 0. The predicted octanol–water partition coefficient (Wildman–Crippen LogP) is 3.73. The summed E-state index contributed by atoms with van der Waals surface area (Å²) in [6.45, 7) is 7.53. The van der Waals surface area contributed by atoms with Gasteiger partial charge in [-0.3, -0.25) is 4.79 Å². The summed E-state index contributed by atoms with van der Waals surface area (Å²) in [7, 11) is 0. The number of benzene rings is 1. The normalized spacial score (nSPS) is 15.6.